The fourth-order valence-corrected chi connectivity index (χ4v) is 10.4. The molecule has 0 aromatic heterocycles. The molecule has 1 saturated heterocycles. The average molecular weight is 1120 g/mol. The van der Waals surface area contributed by atoms with E-state index >= 15 is 0 Å². The fourth-order valence-electron chi connectivity index (χ4n) is 10.4. The van der Waals surface area contributed by atoms with E-state index < -0.39 is 67.4 Å². The number of carbonyl (C=O) groups excluding carboxylic acids is 2. The molecule has 0 aromatic rings. The van der Waals surface area contributed by atoms with Gasteiger partial charge in [0.2, 0.25) is 5.91 Å². The Labute approximate surface area is 485 Å². The zero-order valence-electron chi connectivity index (χ0n) is 51.2. The van der Waals surface area contributed by atoms with Crippen molar-refractivity contribution >= 4 is 11.9 Å². The molecule has 0 bridgehead atoms. The summed E-state index contributed by atoms with van der Waals surface area (Å²) in [6.45, 7) is 5.77. The van der Waals surface area contributed by atoms with Crippen LogP contribution in [0.1, 0.15) is 310 Å². The highest BCUT2D eigenvalue weighted by atomic mass is 16.7. The maximum Gasteiger partial charge on any atom is 0.306 e. The molecular formula is C68H125NO10. The van der Waals surface area contributed by atoms with Crippen LogP contribution >= 0.6 is 0 Å². The lowest BCUT2D eigenvalue weighted by Gasteiger charge is -2.41. The van der Waals surface area contributed by atoms with Gasteiger partial charge in [0.1, 0.15) is 24.4 Å². The number of ether oxygens (including phenoxy) is 3. The van der Waals surface area contributed by atoms with Crippen LogP contribution in [0.3, 0.4) is 0 Å². The average Bonchev–Trinajstić information content (AvgIpc) is 3.49. The normalized spacial score (nSPS) is 19.1. The maximum atomic E-state index is 13.5. The molecule has 11 nitrogen and oxygen atoms in total. The molecule has 8 atom stereocenters. The molecule has 6 N–H and O–H groups in total. The van der Waals surface area contributed by atoms with E-state index in [0.29, 0.717) is 12.8 Å². The molecule has 1 aliphatic heterocycles. The van der Waals surface area contributed by atoms with E-state index in [4.69, 9.17) is 14.2 Å². The lowest BCUT2D eigenvalue weighted by molar-refractivity contribution is -0.305. The number of aliphatic hydroxyl groups excluding tert-OH is 5. The molecule has 8 unspecified atom stereocenters. The molecule has 1 fully saturated rings. The first-order valence-electron chi connectivity index (χ1n) is 33.4. The van der Waals surface area contributed by atoms with Crippen molar-refractivity contribution in [3.05, 3.63) is 48.6 Å². The van der Waals surface area contributed by atoms with E-state index in [2.05, 4.69) is 50.4 Å². The van der Waals surface area contributed by atoms with E-state index in [-0.39, 0.29) is 19.4 Å². The second-order valence-electron chi connectivity index (χ2n) is 23.2. The van der Waals surface area contributed by atoms with Gasteiger partial charge in [-0.1, -0.05) is 281 Å². The lowest BCUT2D eigenvalue weighted by atomic mass is 9.99. The Kier molecular flexibility index (Phi) is 53.0. The quantitative estimate of drug-likeness (QED) is 0.0195. The summed E-state index contributed by atoms with van der Waals surface area (Å²) in [6, 6.07) is -1.03. The number of aliphatic hydroxyl groups is 5. The highest BCUT2D eigenvalue weighted by Gasteiger charge is 2.47. The van der Waals surface area contributed by atoms with Gasteiger partial charge in [0, 0.05) is 6.42 Å². The minimum Gasteiger partial charge on any atom is -0.454 e. The zero-order chi connectivity index (χ0) is 57.5. The Hall–Kier alpha value is -2.38. The SMILES string of the molecule is CCCCCCCC/C=C\C/C=C/CCC(=O)OC1C(OCC(NC(=O)C(O)CCCCCCCCCCCCCCCC/C=C/CCCCCCCC)C(O)/C=C/CCCCCCCCCCCCC)OC(CO)C(O)C1O. The first kappa shape index (κ1) is 74.6. The predicted octanol–water partition coefficient (Wildman–Crippen LogP) is 16.4. The van der Waals surface area contributed by atoms with Gasteiger partial charge in [-0.05, 0) is 70.6 Å². The van der Waals surface area contributed by atoms with Crippen LogP contribution < -0.4 is 5.32 Å². The van der Waals surface area contributed by atoms with Crippen LogP contribution in [-0.4, -0.2) is 99.6 Å². The van der Waals surface area contributed by atoms with Crippen LogP contribution in [0.4, 0.5) is 0 Å². The Balaban J connectivity index is 2.62. The maximum absolute atomic E-state index is 13.5. The summed E-state index contributed by atoms with van der Waals surface area (Å²) in [7, 11) is 0. The van der Waals surface area contributed by atoms with Gasteiger partial charge in [0.05, 0.1) is 25.4 Å². The number of carbonyl (C=O) groups is 2. The second-order valence-corrected chi connectivity index (χ2v) is 23.2. The third kappa shape index (κ3) is 43.9. The topological polar surface area (TPSA) is 175 Å². The largest absolute Gasteiger partial charge is 0.454 e. The molecule has 79 heavy (non-hydrogen) atoms. The summed E-state index contributed by atoms with van der Waals surface area (Å²) < 4.78 is 17.6. The van der Waals surface area contributed by atoms with Crippen LogP contribution in [0.2, 0.25) is 0 Å². The number of hydrogen-bond acceptors (Lipinski definition) is 10. The van der Waals surface area contributed by atoms with Gasteiger partial charge in [0.15, 0.2) is 12.4 Å². The van der Waals surface area contributed by atoms with Crippen LogP contribution in [0.25, 0.3) is 0 Å². The van der Waals surface area contributed by atoms with E-state index in [1.165, 1.54) is 212 Å². The summed E-state index contributed by atoms with van der Waals surface area (Å²) in [5, 5.41) is 57.0. The molecule has 0 spiro atoms. The summed E-state index contributed by atoms with van der Waals surface area (Å²) in [6.07, 6.45) is 58.9. The van der Waals surface area contributed by atoms with E-state index in [9.17, 15) is 35.1 Å². The first-order chi connectivity index (χ1) is 38.7. The second kappa shape index (κ2) is 56.1. The minimum atomic E-state index is -1.63. The van der Waals surface area contributed by atoms with Gasteiger partial charge in [-0.25, -0.2) is 0 Å². The molecule has 462 valence electrons. The van der Waals surface area contributed by atoms with Crippen LogP contribution in [0.15, 0.2) is 48.6 Å². The number of rotatable bonds is 57. The molecule has 0 saturated carbocycles. The zero-order valence-corrected chi connectivity index (χ0v) is 51.2. The summed E-state index contributed by atoms with van der Waals surface area (Å²) in [5.74, 6) is -1.26. The van der Waals surface area contributed by atoms with Gasteiger partial charge in [0.25, 0.3) is 0 Å². The number of nitrogens with one attached hydrogen (secondary N) is 1. The van der Waals surface area contributed by atoms with Gasteiger partial charge in [-0.3, -0.25) is 9.59 Å². The monoisotopic (exact) mass is 1120 g/mol. The molecule has 0 aliphatic carbocycles. The molecule has 0 radical (unpaired) electrons. The van der Waals surface area contributed by atoms with Crippen molar-refractivity contribution in [1.82, 2.24) is 5.32 Å². The van der Waals surface area contributed by atoms with Crippen molar-refractivity contribution in [1.29, 1.82) is 0 Å². The van der Waals surface area contributed by atoms with Crippen molar-refractivity contribution < 1.29 is 49.3 Å². The van der Waals surface area contributed by atoms with Gasteiger partial charge in [-0.15, -0.1) is 0 Å². The smallest absolute Gasteiger partial charge is 0.306 e. The number of hydrogen-bond donors (Lipinski definition) is 6. The van der Waals surface area contributed by atoms with Gasteiger partial charge in [-0.2, -0.15) is 0 Å². The number of allylic oxidation sites excluding steroid dienone is 7. The van der Waals surface area contributed by atoms with E-state index in [1.807, 2.05) is 18.2 Å². The predicted molar refractivity (Wildman–Crippen MR) is 329 cm³/mol. The Morgan fingerprint density at radius 2 is 0.873 bits per heavy atom. The van der Waals surface area contributed by atoms with Crippen LogP contribution in [-0.2, 0) is 23.8 Å². The van der Waals surface area contributed by atoms with Crippen LogP contribution in [0, 0.1) is 0 Å². The summed E-state index contributed by atoms with van der Waals surface area (Å²) in [4.78, 5) is 26.5. The highest BCUT2D eigenvalue weighted by Crippen LogP contribution is 2.26. The Morgan fingerprint density at radius 1 is 0.494 bits per heavy atom. The lowest BCUT2D eigenvalue weighted by Crippen LogP contribution is -2.61. The molecule has 11 heteroatoms. The third-order valence-electron chi connectivity index (χ3n) is 15.7. The summed E-state index contributed by atoms with van der Waals surface area (Å²) in [5.41, 5.74) is 0. The molecule has 1 amide bonds. The van der Waals surface area contributed by atoms with Gasteiger partial charge < -0.3 is 45.1 Å². The molecule has 1 heterocycles. The Morgan fingerprint density at radius 3 is 1.30 bits per heavy atom. The van der Waals surface area contributed by atoms with Crippen molar-refractivity contribution in [2.24, 2.45) is 0 Å². The summed E-state index contributed by atoms with van der Waals surface area (Å²) >= 11 is 0. The molecule has 1 rings (SSSR count). The van der Waals surface area contributed by atoms with E-state index in [0.717, 1.165) is 51.4 Å². The number of esters is 1. The Bertz CT molecular complexity index is 1470. The van der Waals surface area contributed by atoms with E-state index in [1.54, 1.807) is 6.08 Å². The highest BCUT2D eigenvalue weighted by molar-refractivity contribution is 5.80. The first-order valence-corrected chi connectivity index (χ1v) is 33.4. The third-order valence-corrected chi connectivity index (χ3v) is 15.7. The number of unbranched alkanes of at least 4 members (excludes halogenated alkanes) is 37. The van der Waals surface area contributed by atoms with Crippen LogP contribution in [0.5, 0.6) is 0 Å². The molecule has 1 aliphatic rings. The molecule has 0 aromatic carbocycles. The van der Waals surface area contributed by atoms with Crippen molar-refractivity contribution in [3.63, 3.8) is 0 Å². The molecular weight excluding hydrogens is 991 g/mol. The minimum absolute atomic E-state index is 0.0189. The van der Waals surface area contributed by atoms with Crippen molar-refractivity contribution in [2.75, 3.05) is 13.2 Å². The number of amides is 1. The van der Waals surface area contributed by atoms with Gasteiger partial charge >= 0.3 is 5.97 Å². The fraction of sp³-hybridized carbons (Fsp3) is 0.853. The van der Waals surface area contributed by atoms with Crippen molar-refractivity contribution in [3.8, 4) is 0 Å². The standard InChI is InChI=1S/C68H125NO10/c1-4-7-10-13-16-19-22-25-26-27-28-29-30-31-32-33-34-35-38-40-43-46-49-52-55-61(72)67(76)69-59(60(71)54-51-48-45-42-39-36-23-20-17-14-11-8-5-2)58-77-68-66(65(75)64(74)62(57-70)78-68)79-63(73)56-53-50-47-44-41-37-24-21-18-15-12-9-6-3/h25-26,37,41,47,50-51,54,59-62,64-66,68,70-72,74-75H,4-24,27-36,38-40,42-46,48-49,52-53,55-58H2,1-3H3,(H,69,76)/b26-25+,41-37-,50-47+,54-51+. The van der Waals surface area contributed by atoms with Crippen molar-refractivity contribution in [2.45, 2.75) is 359 Å².